The van der Waals surface area contributed by atoms with Crippen molar-refractivity contribution >= 4 is 45.6 Å². The zero-order valence-electron chi connectivity index (χ0n) is 41.3. The van der Waals surface area contributed by atoms with Gasteiger partial charge in [-0.1, -0.05) is 24.3 Å². The summed E-state index contributed by atoms with van der Waals surface area (Å²) < 4.78 is 115. The molecule has 0 aliphatic carbocycles. The number of benzene rings is 6. The van der Waals surface area contributed by atoms with Gasteiger partial charge in [0.15, 0.2) is 12.2 Å². The number of ether oxygens (including phenoxy) is 6. The molecular weight excluding hydrogens is 1010 g/mol. The highest BCUT2D eigenvalue weighted by molar-refractivity contribution is 6.10. The van der Waals surface area contributed by atoms with Gasteiger partial charge in [-0.05, 0) is 154 Å². The first-order valence-electron chi connectivity index (χ1n) is 23.2. The number of fused-ring (bicyclic) bond motifs is 2. The molecule has 2 aromatic heterocycles. The van der Waals surface area contributed by atoms with E-state index in [1.165, 1.54) is 97.9 Å². The third kappa shape index (κ3) is 11.2. The van der Waals surface area contributed by atoms with E-state index in [1.54, 1.807) is 56.3 Å². The highest BCUT2D eigenvalue weighted by Crippen LogP contribution is 2.44. The van der Waals surface area contributed by atoms with Crippen LogP contribution in [0.25, 0.3) is 44.1 Å². The molecule has 14 nitrogen and oxygen atoms in total. The van der Waals surface area contributed by atoms with E-state index >= 15 is 4.79 Å². The summed E-state index contributed by atoms with van der Waals surface area (Å²) in [6.45, 7) is 5.83. The van der Waals surface area contributed by atoms with Crippen LogP contribution in [0.5, 0.6) is 34.5 Å². The van der Waals surface area contributed by atoms with Crippen LogP contribution in [-0.4, -0.2) is 82.3 Å². The Kier molecular flexibility index (Phi) is 14.8. The van der Waals surface area contributed by atoms with E-state index in [0.29, 0.717) is 22.6 Å². The predicted octanol–water partition coefficient (Wildman–Crippen LogP) is 12.2. The minimum absolute atomic E-state index is 0.00670. The Hall–Kier alpha value is -8.94. The van der Waals surface area contributed by atoms with Crippen LogP contribution < -0.4 is 28.4 Å². The zero-order valence-corrected chi connectivity index (χ0v) is 41.3. The van der Waals surface area contributed by atoms with Crippen molar-refractivity contribution in [1.29, 1.82) is 0 Å². The SMILES string of the molecule is COc1ccc(C(=O)n2c(C)c(-c3ccc(-c4cc(OC)ccc4C(=O)n4c(C)c(CCc5cccc(O[C@H](C)C(=O)O)c5)c5cc(OC(F)(F)F)ccc54)c(O[C@@H](C)C(=O)O)c3)c3cc(OC(F)(F)F)ccc32)cc1. The number of hydrogen-bond acceptors (Lipinski definition) is 10. The molecule has 2 heterocycles. The number of methoxy groups -OCH3 is 2. The van der Waals surface area contributed by atoms with Gasteiger partial charge in [0.1, 0.15) is 34.5 Å². The van der Waals surface area contributed by atoms with Crippen LogP contribution in [0.3, 0.4) is 0 Å². The first-order chi connectivity index (χ1) is 35.9. The molecule has 20 heteroatoms. The van der Waals surface area contributed by atoms with Crippen LogP contribution in [-0.2, 0) is 22.4 Å². The fraction of sp³-hybridized carbons (Fsp3) is 0.214. The Morgan fingerprint density at radius 2 is 1.12 bits per heavy atom. The monoisotopic (exact) mass is 1050 g/mol. The minimum atomic E-state index is -5.07. The number of rotatable bonds is 17. The standard InChI is InChI=1S/C56H46F6N2O12/c1-29-41(19-10-33-8-7-9-38(24-33)73-31(3)53(67)68)45-27-39(75-55(57,58)59)17-22-47(45)63(29)52(66)43-21-16-37(72-6)26-44(43)42-20-13-35(25-49(42)74-32(4)54(69)70)50-30(2)64(51(65)34-11-14-36(71-5)15-12-34)48-23-18-40(28-46(48)50)76-56(60,61)62/h7-9,11-18,20-28,31-32H,10,19H2,1-6H3,(H,67,68)(H,69,70)/t31-,32+/m1/s1. The fourth-order valence-electron chi connectivity index (χ4n) is 9.04. The number of carboxylic acid groups (broad SMARTS) is 2. The Bertz CT molecular complexity index is 3560. The molecule has 0 spiro atoms. The van der Waals surface area contributed by atoms with Gasteiger partial charge in [0, 0.05) is 50.0 Å². The second-order valence-corrected chi connectivity index (χ2v) is 17.5. The molecule has 0 bridgehead atoms. The molecule has 0 unspecified atom stereocenters. The van der Waals surface area contributed by atoms with Gasteiger partial charge in [0.2, 0.25) is 0 Å². The molecule has 0 aliphatic rings. The highest BCUT2D eigenvalue weighted by atomic mass is 19.4. The number of carbonyl (C=O) groups is 4. The van der Waals surface area contributed by atoms with Gasteiger partial charge in [-0.3, -0.25) is 18.7 Å². The summed E-state index contributed by atoms with van der Waals surface area (Å²) in [6.07, 6.45) is -12.4. The number of aromatic nitrogens is 2. The fourth-order valence-corrected chi connectivity index (χ4v) is 9.04. The normalized spacial score (nSPS) is 12.5. The average molecular weight is 1050 g/mol. The van der Waals surface area contributed by atoms with Gasteiger partial charge in [0.05, 0.1) is 25.3 Å². The molecule has 8 rings (SSSR count). The van der Waals surface area contributed by atoms with Crippen LogP contribution in [0, 0.1) is 13.8 Å². The van der Waals surface area contributed by atoms with Crippen LogP contribution in [0.1, 0.15) is 57.1 Å². The van der Waals surface area contributed by atoms with Crippen molar-refractivity contribution < 1.29 is 84.2 Å². The van der Waals surface area contributed by atoms with Crippen LogP contribution in [0.15, 0.2) is 121 Å². The lowest BCUT2D eigenvalue weighted by Crippen LogP contribution is -2.23. The van der Waals surface area contributed by atoms with Gasteiger partial charge in [-0.2, -0.15) is 0 Å². The quantitative estimate of drug-likeness (QED) is 0.0827. The van der Waals surface area contributed by atoms with Crippen molar-refractivity contribution in [2.45, 2.75) is 65.5 Å². The van der Waals surface area contributed by atoms with Gasteiger partial charge in [-0.15, -0.1) is 26.3 Å². The number of carboxylic acids is 2. The molecule has 0 saturated heterocycles. The zero-order chi connectivity index (χ0) is 55.0. The molecule has 0 aliphatic heterocycles. The summed E-state index contributed by atoms with van der Waals surface area (Å²) in [5.74, 6) is -4.05. The van der Waals surface area contributed by atoms with E-state index in [0.717, 1.165) is 18.2 Å². The van der Waals surface area contributed by atoms with Crippen molar-refractivity contribution in [3.63, 3.8) is 0 Å². The third-order valence-corrected chi connectivity index (χ3v) is 12.6. The van der Waals surface area contributed by atoms with Crippen molar-refractivity contribution in [3.8, 4) is 56.8 Å². The molecule has 2 N–H and O–H groups in total. The summed E-state index contributed by atoms with van der Waals surface area (Å²) in [6, 6.07) is 28.9. The van der Waals surface area contributed by atoms with Crippen LogP contribution in [0.4, 0.5) is 26.3 Å². The van der Waals surface area contributed by atoms with Crippen molar-refractivity contribution in [3.05, 3.63) is 155 Å². The second kappa shape index (κ2) is 21.1. The lowest BCUT2D eigenvalue weighted by molar-refractivity contribution is -0.275. The molecular formula is C56H46F6N2O12. The molecule has 8 aromatic rings. The Morgan fingerprint density at radius 1 is 0.553 bits per heavy atom. The summed E-state index contributed by atoms with van der Waals surface area (Å²) in [4.78, 5) is 53.5. The van der Waals surface area contributed by atoms with E-state index in [4.69, 9.17) is 18.9 Å². The molecule has 6 aromatic carbocycles. The molecule has 0 fully saturated rings. The second-order valence-electron chi connectivity index (χ2n) is 17.5. The maximum absolute atomic E-state index is 15.3. The van der Waals surface area contributed by atoms with Gasteiger partial charge < -0.3 is 38.6 Å². The van der Waals surface area contributed by atoms with E-state index in [-0.39, 0.29) is 91.0 Å². The van der Waals surface area contributed by atoms with Gasteiger partial charge in [-0.25, -0.2) is 9.59 Å². The first kappa shape index (κ1) is 53.4. The number of carbonyl (C=O) groups excluding carboxylic acids is 2. The number of aryl methyl sites for hydroxylation is 2. The molecule has 0 radical (unpaired) electrons. The average Bonchev–Trinajstić information content (AvgIpc) is 3.86. The minimum Gasteiger partial charge on any atom is -0.497 e. The number of hydrogen-bond donors (Lipinski definition) is 2. The number of halogens is 6. The molecule has 394 valence electrons. The predicted molar refractivity (Wildman–Crippen MR) is 266 cm³/mol. The van der Waals surface area contributed by atoms with E-state index in [9.17, 15) is 50.9 Å². The Labute approximate surface area is 429 Å². The largest absolute Gasteiger partial charge is 0.573 e. The summed E-state index contributed by atoms with van der Waals surface area (Å²) in [5, 5.41) is 19.9. The topological polar surface area (TPSA) is 174 Å². The first-order valence-corrected chi connectivity index (χ1v) is 23.2. The smallest absolute Gasteiger partial charge is 0.497 e. The maximum atomic E-state index is 15.3. The lowest BCUT2D eigenvalue weighted by atomic mass is 9.94. The summed E-state index contributed by atoms with van der Waals surface area (Å²) >= 11 is 0. The maximum Gasteiger partial charge on any atom is 0.573 e. The van der Waals surface area contributed by atoms with Crippen LogP contribution in [0.2, 0.25) is 0 Å². The number of aliphatic carboxylic acids is 2. The Balaban J connectivity index is 1.29. The van der Waals surface area contributed by atoms with Crippen molar-refractivity contribution in [1.82, 2.24) is 9.13 Å². The third-order valence-electron chi connectivity index (χ3n) is 12.6. The van der Waals surface area contributed by atoms with Gasteiger partial charge in [0.25, 0.3) is 11.8 Å². The van der Waals surface area contributed by atoms with Crippen LogP contribution >= 0.6 is 0 Å². The number of alkyl halides is 6. The number of nitrogens with zero attached hydrogens (tertiary/aromatic N) is 2. The lowest BCUT2D eigenvalue weighted by Gasteiger charge is -2.19. The van der Waals surface area contributed by atoms with Gasteiger partial charge >= 0.3 is 24.7 Å². The Morgan fingerprint density at radius 3 is 1.72 bits per heavy atom. The van der Waals surface area contributed by atoms with E-state index in [2.05, 4.69) is 9.47 Å². The molecule has 0 saturated carbocycles. The van der Waals surface area contributed by atoms with Crippen molar-refractivity contribution in [2.75, 3.05) is 14.2 Å². The molecule has 2 atom stereocenters. The highest BCUT2D eigenvalue weighted by Gasteiger charge is 2.34. The summed E-state index contributed by atoms with van der Waals surface area (Å²) in [7, 11) is 2.83. The van der Waals surface area contributed by atoms with E-state index in [1.807, 2.05) is 0 Å². The van der Waals surface area contributed by atoms with Crippen molar-refractivity contribution in [2.24, 2.45) is 0 Å². The molecule has 76 heavy (non-hydrogen) atoms. The summed E-state index contributed by atoms with van der Waals surface area (Å²) in [5.41, 5.74) is 3.17. The van der Waals surface area contributed by atoms with E-state index < -0.39 is 60.2 Å². The molecule has 0 amide bonds.